The lowest BCUT2D eigenvalue weighted by molar-refractivity contribution is 0.566. The minimum Gasteiger partial charge on any atom is -0.313 e. The lowest BCUT2D eigenvalue weighted by Gasteiger charge is -2.17. The third-order valence-electron chi connectivity index (χ3n) is 3.21. The van der Waals surface area contributed by atoms with Crippen LogP contribution in [0, 0.1) is 6.92 Å². The standard InChI is InChI=1S/C17H22N2S/c1-3-18-16(12-15-9-6-7-11-19-15)13-20-17-10-5-4-8-14(17)2/h4-11,16,18H,3,12-13H2,1-2H3. The van der Waals surface area contributed by atoms with E-state index in [1.165, 1.54) is 10.5 Å². The van der Waals surface area contributed by atoms with E-state index < -0.39 is 0 Å². The number of hydrogen-bond acceptors (Lipinski definition) is 3. The molecule has 0 aliphatic carbocycles. The zero-order valence-corrected chi connectivity index (χ0v) is 13.0. The molecule has 0 aliphatic rings. The van der Waals surface area contributed by atoms with Gasteiger partial charge in [0.25, 0.3) is 0 Å². The normalized spacial score (nSPS) is 12.3. The van der Waals surface area contributed by atoms with Gasteiger partial charge in [-0.05, 0) is 37.2 Å². The average Bonchev–Trinajstić information content (AvgIpc) is 2.47. The smallest absolute Gasteiger partial charge is 0.0419 e. The van der Waals surface area contributed by atoms with Crippen LogP contribution in [-0.4, -0.2) is 23.3 Å². The van der Waals surface area contributed by atoms with Crippen LogP contribution < -0.4 is 5.32 Å². The summed E-state index contributed by atoms with van der Waals surface area (Å²) in [4.78, 5) is 5.80. The van der Waals surface area contributed by atoms with Gasteiger partial charge in [-0.2, -0.15) is 0 Å². The minimum atomic E-state index is 0.458. The fraction of sp³-hybridized carbons (Fsp3) is 0.353. The molecule has 0 saturated carbocycles. The molecule has 2 rings (SSSR count). The molecule has 0 bridgehead atoms. The maximum atomic E-state index is 4.42. The SMILES string of the molecule is CCNC(CSc1ccccc1C)Cc1ccccn1. The van der Waals surface area contributed by atoms with Crippen molar-refractivity contribution in [2.24, 2.45) is 0 Å². The maximum Gasteiger partial charge on any atom is 0.0419 e. The van der Waals surface area contributed by atoms with Gasteiger partial charge in [-0.15, -0.1) is 11.8 Å². The number of aryl methyl sites for hydroxylation is 1. The Morgan fingerprint density at radius 2 is 1.95 bits per heavy atom. The molecule has 0 radical (unpaired) electrons. The highest BCUT2D eigenvalue weighted by molar-refractivity contribution is 7.99. The van der Waals surface area contributed by atoms with Gasteiger partial charge in [0, 0.05) is 35.0 Å². The number of likely N-dealkylation sites (N-methyl/N-ethyl adjacent to an activating group) is 1. The molecule has 2 aromatic rings. The summed E-state index contributed by atoms with van der Waals surface area (Å²) in [6, 6.07) is 15.1. The van der Waals surface area contributed by atoms with Gasteiger partial charge in [-0.3, -0.25) is 4.98 Å². The molecule has 1 atom stereocenters. The van der Waals surface area contributed by atoms with Gasteiger partial charge in [-0.25, -0.2) is 0 Å². The van der Waals surface area contributed by atoms with Crippen LogP contribution in [0.5, 0.6) is 0 Å². The minimum absolute atomic E-state index is 0.458. The van der Waals surface area contributed by atoms with Crippen LogP contribution in [0.25, 0.3) is 0 Å². The fourth-order valence-corrected chi connectivity index (χ4v) is 3.25. The molecule has 1 aromatic carbocycles. The van der Waals surface area contributed by atoms with Gasteiger partial charge >= 0.3 is 0 Å². The molecule has 1 aromatic heterocycles. The molecule has 106 valence electrons. The zero-order valence-electron chi connectivity index (χ0n) is 12.2. The Morgan fingerprint density at radius 3 is 2.65 bits per heavy atom. The monoisotopic (exact) mass is 286 g/mol. The van der Waals surface area contributed by atoms with Crippen molar-refractivity contribution in [2.45, 2.75) is 31.2 Å². The van der Waals surface area contributed by atoms with Crippen molar-refractivity contribution in [1.82, 2.24) is 10.3 Å². The van der Waals surface area contributed by atoms with E-state index in [-0.39, 0.29) is 0 Å². The molecular weight excluding hydrogens is 264 g/mol. The summed E-state index contributed by atoms with van der Waals surface area (Å²) in [5.41, 5.74) is 2.51. The summed E-state index contributed by atoms with van der Waals surface area (Å²) in [5.74, 6) is 1.06. The average molecular weight is 286 g/mol. The molecule has 2 nitrogen and oxygen atoms in total. The highest BCUT2D eigenvalue weighted by atomic mass is 32.2. The van der Waals surface area contributed by atoms with E-state index >= 15 is 0 Å². The molecule has 0 saturated heterocycles. The van der Waals surface area contributed by atoms with Crippen molar-refractivity contribution in [3.05, 3.63) is 59.9 Å². The van der Waals surface area contributed by atoms with E-state index in [1.54, 1.807) is 0 Å². The third-order valence-corrected chi connectivity index (χ3v) is 4.55. The van der Waals surface area contributed by atoms with Gasteiger partial charge in [0.05, 0.1) is 0 Å². The Bertz CT molecular complexity index is 513. The number of pyridine rings is 1. The quantitative estimate of drug-likeness (QED) is 0.786. The number of nitrogens with one attached hydrogen (secondary N) is 1. The van der Waals surface area contributed by atoms with Gasteiger partial charge in [0.2, 0.25) is 0 Å². The van der Waals surface area contributed by atoms with E-state index in [4.69, 9.17) is 0 Å². The van der Waals surface area contributed by atoms with E-state index in [1.807, 2.05) is 24.0 Å². The molecule has 0 amide bonds. The van der Waals surface area contributed by atoms with Crippen molar-refractivity contribution in [3.8, 4) is 0 Å². The second kappa shape index (κ2) is 8.08. The lowest BCUT2D eigenvalue weighted by Crippen LogP contribution is -2.33. The van der Waals surface area contributed by atoms with Crippen molar-refractivity contribution in [3.63, 3.8) is 0 Å². The molecule has 20 heavy (non-hydrogen) atoms. The van der Waals surface area contributed by atoms with Gasteiger partial charge in [0.1, 0.15) is 0 Å². The first kappa shape index (κ1) is 15.1. The van der Waals surface area contributed by atoms with Gasteiger partial charge in [-0.1, -0.05) is 31.2 Å². The molecule has 1 N–H and O–H groups in total. The summed E-state index contributed by atoms with van der Waals surface area (Å²) in [6.45, 7) is 5.32. The Kier molecular flexibility index (Phi) is 6.09. The second-order valence-corrected chi connectivity index (χ2v) is 5.92. The van der Waals surface area contributed by atoms with Crippen LogP contribution in [0.3, 0.4) is 0 Å². The van der Waals surface area contributed by atoms with Crippen molar-refractivity contribution in [2.75, 3.05) is 12.3 Å². The highest BCUT2D eigenvalue weighted by Gasteiger charge is 2.10. The third kappa shape index (κ3) is 4.66. The van der Waals surface area contributed by atoms with E-state index in [0.29, 0.717) is 6.04 Å². The largest absolute Gasteiger partial charge is 0.313 e. The molecule has 0 aliphatic heterocycles. The number of nitrogens with zero attached hydrogens (tertiary/aromatic N) is 1. The Labute approximate surface area is 126 Å². The molecule has 0 spiro atoms. The summed E-state index contributed by atoms with van der Waals surface area (Å²) in [6.07, 6.45) is 2.85. The van der Waals surface area contributed by atoms with Crippen molar-refractivity contribution < 1.29 is 0 Å². The second-order valence-electron chi connectivity index (χ2n) is 4.86. The summed E-state index contributed by atoms with van der Waals surface area (Å²) < 4.78 is 0. The summed E-state index contributed by atoms with van der Waals surface area (Å²) in [7, 11) is 0. The topological polar surface area (TPSA) is 24.9 Å². The van der Waals surface area contributed by atoms with E-state index in [9.17, 15) is 0 Å². The number of rotatable bonds is 7. The first-order valence-electron chi connectivity index (χ1n) is 7.11. The van der Waals surface area contributed by atoms with Crippen LogP contribution >= 0.6 is 11.8 Å². The van der Waals surface area contributed by atoms with Crippen LogP contribution in [0.2, 0.25) is 0 Å². The molecular formula is C17H22N2S. The summed E-state index contributed by atoms with van der Waals surface area (Å²) >= 11 is 1.92. The highest BCUT2D eigenvalue weighted by Crippen LogP contribution is 2.23. The fourth-order valence-electron chi connectivity index (χ4n) is 2.16. The van der Waals surface area contributed by atoms with Crippen molar-refractivity contribution in [1.29, 1.82) is 0 Å². The van der Waals surface area contributed by atoms with Gasteiger partial charge < -0.3 is 5.32 Å². The Morgan fingerprint density at radius 1 is 1.15 bits per heavy atom. The predicted molar refractivity (Wildman–Crippen MR) is 87.3 cm³/mol. The molecule has 0 fully saturated rings. The van der Waals surface area contributed by atoms with Gasteiger partial charge in [0.15, 0.2) is 0 Å². The molecule has 3 heteroatoms. The first-order chi connectivity index (χ1) is 9.79. The predicted octanol–water partition coefficient (Wildman–Crippen LogP) is 3.70. The van der Waals surface area contributed by atoms with Crippen LogP contribution in [0.4, 0.5) is 0 Å². The Hall–Kier alpha value is -1.32. The van der Waals surface area contributed by atoms with E-state index in [2.05, 4.69) is 60.5 Å². The van der Waals surface area contributed by atoms with Crippen LogP contribution in [0.15, 0.2) is 53.6 Å². The maximum absolute atomic E-state index is 4.42. The Balaban J connectivity index is 1.94. The molecule has 1 heterocycles. The first-order valence-corrected chi connectivity index (χ1v) is 8.10. The van der Waals surface area contributed by atoms with E-state index in [0.717, 1.165) is 24.4 Å². The zero-order chi connectivity index (χ0) is 14.2. The summed E-state index contributed by atoms with van der Waals surface area (Å²) in [5, 5.41) is 3.56. The lowest BCUT2D eigenvalue weighted by atomic mass is 10.1. The number of benzene rings is 1. The van der Waals surface area contributed by atoms with Crippen molar-refractivity contribution >= 4 is 11.8 Å². The van der Waals surface area contributed by atoms with Crippen LogP contribution in [-0.2, 0) is 6.42 Å². The number of aromatic nitrogens is 1. The number of hydrogen-bond donors (Lipinski definition) is 1. The number of thioether (sulfide) groups is 1. The molecule has 1 unspecified atom stereocenters. The van der Waals surface area contributed by atoms with Crippen LogP contribution in [0.1, 0.15) is 18.2 Å².